The lowest BCUT2D eigenvalue weighted by atomic mass is 10.2. The number of piperazine rings is 1. The van der Waals surface area contributed by atoms with Crippen molar-refractivity contribution in [2.75, 3.05) is 26.2 Å². The largest absolute Gasteiger partial charge is 0.461 e. The van der Waals surface area contributed by atoms with Crippen molar-refractivity contribution in [1.29, 1.82) is 0 Å². The highest BCUT2D eigenvalue weighted by atomic mass is 32.2. The number of aryl methyl sites for hydroxylation is 2. The van der Waals surface area contributed by atoms with Gasteiger partial charge in [-0.2, -0.15) is 4.31 Å². The van der Waals surface area contributed by atoms with Crippen molar-refractivity contribution in [3.05, 3.63) is 52.5 Å². The Labute approximate surface area is 181 Å². The fraction of sp³-hybridized carbons (Fsp3) is 0.400. The van der Waals surface area contributed by atoms with Crippen molar-refractivity contribution in [3.63, 3.8) is 0 Å². The maximum atomic E-state index is 13.1. The first-order valence-corrected chi connectivity index (χ1v) is 11.6. The summed E-state index contributed by atoms with van der Waals surface area (Å²) in [6.07, 6.45) is 1.60. The first kappa shape index (κ1) is 21.0. The zero-order valence-electron chi connectivity index (χ0n) is 17.3. The maximum absolute atomic E-state index is 13.1. The average molecular weight is 448 g/mol. The highest BCUT2D eigenvalue weighted by Gasteiger charge is 2.30. The molecule has 10 heteroatoms. The molecule has 0 unspecified atom stereocenters. The molecule has 0 aliphatic carbocycles. The molecular formula is C20H25N5O3S2. The standard InChI is InChI=1S/C20H25N5O3S2/c1-15-6-7-16(2)18(13-15)30(26,27)24-10-8-23(9-11-24)14-25-20(29)22(3)19(21-25)17-5-4-12-28-17/h4-7,12-13H,8-11,14H2,1-3H3. The lowest BCUT2D eigenvalue weighted by molar-refractivity contribution is 0.144. The molecule has 0 amide bonds. The van der Waals surface area contributed by atoms with E-state index in [2.05, 4.69) is 10.00 Å². The van der Waals surface area contributed by atoms with Crippen LogP contribution in [0.15, 0.2) is 45.9 Å². The van der Waals surface area contributed by atoms with Crippen LogP contribution >= 0.6 is 12.2 Å². The third-order valence-electron chi connectivity index (χ3n) is 5.41. The molecule has 8 nitrogen and oxygen atoms in total. The summed E-state index contributed by atoms with van der Waals surface area (Å²) in [6.45, 7) is 6.33. The fourth-order valence-corrected chi connectivity index (χ4v) is 5.54. The molecule has 1 saturated heterocycles. The summed E-state index contributed by atoms with van der Waals surface area (Å²) in [7, 11) is -1.65. The predicted octanol–water partition coefficient (Wildman–Crippen LogP) is 2.79. The lowest BCUT2D eigenvalue weighted by Gasteiger charge is -2.34. The topological polar surface area (TPSA) is 76.5 Å². The first-order chi connectivity index (χ1) is 14.3. The van der Waals surface area contributed by atoms with Crippen LogP contribution in [0.4, 0.5) is 0 Å². The van der Waals surface area contributed by atoms with Crippen LogP contribution in [-0.2, 0) is 23.7 Å². The van der Waals surface area contributed by atoms with Crippen LogP contribution in [0.1, 0.15) is 11.1 Å². The Kier molecular flexibility index (Phi) is 5.67. The monoisotopic (exact) mass is 447 g/mol. The summed E-state index contributed by atoms with van der Waals surface area (Å²) in [5.41, 5.74) is 1.71. The second-order valence-electron chi connectivity index (χ2n) is 7.57. The molecule has 3 aromatic rings. The molecular weight excluding hydrogens is 422 g/mol. The third kappa shape index (κ3) is 3.87. The number of aromatic nitrogens is 3. The molecule has 160 valence electrons. The van der Waals surface area contributed by atoms with E-state index < -0.39 is 10.0 Å². The lowest BCUT2D eigenvalue weighted by Crippen LogP contribution is -2.49. The molecule has 0 N–H and O–H groups in total. The van der Waals surface area contributed by atoms with E-state index in [4.69, 9.17) is 16.6 Å². The minimum Gasteiger partial charge on any atom is -0.461 e. The van der Waals surface area contributed by atoms with E-state index in [9.17, 15) is 8.42 Å². The molecule has 0 radical (unpaired) electrons. The van der Waals surface area contributed by atoms with E-state index in [1.165, 1.54) is 0 Å². The van der Waals surface area contributed by atoms with Gasteiger partial charge >= 0.3 is 0 Å². The van der Waals surface area contributed by atoms with Crippen LogP contribution in [0, 0.1) is 18.6 Å². The molecule has 30 heavy (non-hydrogen) atoms. The van der Waals surface area contributed by atoms with Gasteiger partial charge in [-0.1, -0.05) is 12.1 Å². The van der Waals surface area contributed by atoms with E-state index in [0.717, 1.165) is 11.1 Å². The van der Waals surface area contributed by atoms with Gasteiger partial charge in [0.1, 0.15) is 0 Å². The Hall–Kier alpha value is -2.27. The average Bonchev–Trinajstić information content (AvgIpc) is 3.34. The van der Waals surface area contributed by atoms with Gasteiger partial charge in [0.15, 0.2) is 16.4 Å². The summed E-state index contributed by atoms with van der Waals surface area (Å²) >= 11 is 5.52. The molecule has 0 bridgehead atoms. The number of hydrogen-bond donors (Lipinski definition) is 0. The minimum atomic E-state index is -3.50. The van der Waals surface area contributed by atoms with Gasteiger partial charge in [-0.05, 0) is 55.4 Å². The summed E-state index contributed by atoms with van der Waals surface area (Å²) < 4.78 is 37.4. The number of hydrogen-bond acceptors (Lipinski definition) is 6. The van der Waals surface area contributed by atoms with Crippen molar-refractivity contribution in [2.45, 2.75) is 25.4 Å². The molecule has 1 aromatic carbocycles. The second kappa shape index (κ2) is 8.10. The number of furan rings is 1. The number of nitrogens with zero attached hydrogens (tertiary/aromatic N) is 5. The van der Waals surface area contributed by atoms with Crippen LogP contribution in [0.25, 0.3) is 11.6 Å². The van der Waals surface area contributed by atoms with Gasteiger partial charge in [0.2, 0.25) is 10.0 Å². The van der Waals surface area contributed by atoms with Crippen molar-refractivity contribution in [3.8, 4) is 11.6 Å². The van der Waals surface area contributed by atoms with Gasteiger partial charge < -0.3 is 8.98 Å². The molecule has 1 aliphatic heterocycles. The second-order valence-corrected chi connectivity index (χ2v) is 9.85. The summed E-state index contributed by atoms with van der Waals surface area (Å²) in [4.78, 5) is 2.55. The fourth-order valence-electron chi connectivity index (χ4n) is 3.63. The summed E-state index contributed by atoms with van der Waals surface area (Å²) in [5, 5.41) is 4.59. The highest BCUT2D eigenvalue weighted by molar-refractivity contribution is 7.89. The van der Waals surface area contributed by atoms with Gasteiger partial charge in [-0.3, -0.25) is 4.90 Å². The Morgan fingerprint density at radius 1 is 1.13 bits per heavy atom. The molecule has 4 rings (SSSR count). The van der Waals surface area contributed by atoms with Gasteiger partial charge in [0.05, 0.1) is 17.8 Å². The van der Waals surface area contributed by atoms with Gasteiger partial charge in [-0.15, -0.1) is 5.10 Å². The van der Waals surface area contributed by atoms with Crippen LogP contribution in [-0.4, -0.2) is 58.1 Å². The van der Waals surface area contributed by atoms with Crippen LogP contribution < -0.4 is 0 Å². The van der Waals surface area contributed by atoms with Crippen molar-refractivity contribution >= 4 is 22.2 Å². The molecule has 3 heterocycles. The summed E-state index contributed by atoms with van der Waals surface area (Å²) in [5.74, 6) is 1.33. The van der Waals surface area contributed by atoms with Crippen molar-refractivity contribution < 1.29 is 12.8 Å². The molecule has 0 spiro atoms. The number of rotatable bonds is 5. The van der Waals surface area contributed by atoms with Crippen molar-refractivity contribution in [2.24, 2.45) is 7.05 Å². The predicted molar refractivity (Wildman–Crippen MR) is 116 cm³/mol. The highest BCUT2D eigenvalue weighted by Crippen LogP contribution is 2.23. The number of benzene rings is 1. The van der Waals surface area contributed by atoms with Gasteiger partial charge in [0, 0.05) is 33.2 Å². The maximum Gasteiger partial charge on any atom is 0.243 e. The van der Waals surface area contributed by atoms with Crippen LogP contribution in [0.3, 0.4) is 0 Å². The van der Waals surface area contributed by atoms with Gasteiger partial charge in [-0.25, -0.2) is 13.1 Å². The zero-order valence-corrected chi connectivity index (χ0v) is 18.9. The Bertz CT molecular complexity index is 1200. The van der Waals surface area contributed by atoms with E-state index >= 15 is 0 Å². The van der Waals surface area contributed by atoms with Crippen LogP contribution in [0.5, 0.6) is 0 Å². The molecule has 1 aliphatic rings. The van der Waals surface area contributed by atoms with E-state index in [1.807, 2.05) is 49.7 Å². The third-order valence-corrected chi connectivity index (χ3v) is 7.93. The normalized spacial score (nSPS) is 16.2. The molecule has 1 fully saturated rings. The Morgan fingerprint density at radius 2 is 1.87 bits per heavy atom. The van der Waals surface area contributed by atoms with E-state index in [0.29, 0.717) is 54.1 Å². The SMILES string of the molecule is Cc1ccc(C)c(S(=O)(=O)N2CCN(Cn3nc(-c4ccco4)n(C)c3=S)CC2)c1. The van der Waals surface area contributed by atoms with Gasteiger partial charge in [0.25, 0.3) is 0 Å². The Morgan fingerprint density at radius 3 is 2.53 bits per heavy atom. The molecule has 0 atom stereocenters. The van der Waals surface area contributed by atoms with E-state index in [-0.39, 0.29) is 0 Å². The quantitative estimate of drug-likeness (QED) is 0.560. The van der Waals surface area contributed by atoms with E-state index in [1.54, 1.807) is 21.3 Å². The molecule has 0 saturated carbocycles. The number of sulfonamides is 1. The van der Waals surface area contributed by atoms with Crippen LogP contribution in [0.2, 0.25) is 0 Å². The summed E-state index contributed by atoms with van der Waals surface area (Å²) in [6, 6.07) is 9.20. The smallest absolute Gasteiger partial charge is 0.243 e. The molecule has 2 aromatic heterocycles. The minimum absolute atomic E-state index is 0.394. The van der Waals surface area contributed by atoms with Crippen molar-refractivity contribution in [1.82, 2.24) is 23.6 Å². The zero-order chi connectivity index (χ0) is 21.5. The Balaban J connectivity index is 1.46. The first-order valence-electron chi connectivity index (χ1n) is 9.75.